The number of amides is 1. The number of nitrogens with zero attached hydrogens (tertiary/aromatic N) is 1. The second-order valence-electron chi connectivity index (χ2n) is 1.64. The monoisotopic (exact) mass is 147 g/mol. The van der Waals surface area contributed by atoms with E-state index in [0.29, 0.717) is 13.1 Å². The number of carbonyl (C=O) groups is 1. The molecule has 0 unspecified atom stereocenters. The van der Waals surface area contributed by atoms with Crippen molar-refractivity contribution in [2.75, 3.05) is 13.1 Å². The second kappa shape index (κ2) is 5.01. The van der Waals surface area contributed by atoms with Gasteiger partial charge in [-0.2, -0.15) is 5.12 Å². The SMILES string of the molecule is CCNN(NCC)C(=O)O. The largest absolute Gasteiger partial charge is 0.463 e. The summed E-state index contributed by atoms with van der Waals surface area (Å²) in [5, 5.41) is 9.38. The summed E-state index contributed by atoms with van der Waals surface area (Å²) in [5.41, 5.74) is 5.21. The van der Waals surface area contributed by atoms with Crippen LogP contribution in [0.5, 0.6) is 0 Å². The number of hydrogen-bond acceptors (Lipinski definition) is 3. The number of hydrazine groups is 2. The van der Waals surface area contributed by atoms with Crippen LogP contribution in [0.1, 0.15) is 13.8 Å². The zero-order valence-corrected chi connectivity index (χ0v) is 6.22. The maximum atomic E-state index is 10.3. The molecule has 60 valence electrons. The quantitative estimate of drug-likeness (QED) is 0.490. The predicted molar refractivity (Wildman–Crippen MR) is 37.2 cm³/mol. The molecule has 0 aliphatic carbocycles. The molecule has 10 heavy (non-hydrogen) atoms. The van der Waals surface area contributed by atoms with Crippen LogP contribution in [0.25, 0.3) is 0 Å². The highest BCUT2D eigenvalue weighted by Crippen LogP contribution is 1.75. The smallest absolute Gasteiger partial charge is 0.436 e. The van der Waals surface area contributed by atoms with E-state index in [4.69, 9.17) is 5.11 Å². The highest BCUT2D eigenvalue weighted by Gasteiger charge is 2.06. The molecule has 0 heterocycles. The molecule has 0 rings (SSSR count). The molecular formula is C5H13N3O2. The van der Waals surface area contributed by atoms with Gasteiger partial charge in [-0.3, -0.25) is 0 Å². The molecule has 3 N–H and O–H groups in total. The van der Waals surface area contributed by atoms with Crippen LogP contribution < -0.4 is 10.9 Å². The first-order valence-corrected chi connectivity index (χ1v) is 3.22. The molecule has 0 spiro atoms. The minimum Gasteiger partial charge on any atom is -0.463 e. The zero-order chi connectivity index (χ0) is 7.98. The lowest BCUT2D eigenvalue weighted by Crippen LogP contribution is -2.50. The molecule has 5 heteroatoms. The number of hydrogen-bond donors (Lipinski definition) is 3. The normalized spacial score (nSPS) is 9.40. The highest BCUT2D eigenvalue weighted by molar-refractivity contribution is 5.63. The number of nitrogens with one attached hydrogen (secondary N) is 2. The molecule has 0 aromatic heterocycles. The number of carboxylic acid groups (broad SMARTS) is 1. The Morgan fingerprint density at radius 1 is 1.40 bits per heavy atom. The first kappa shape index (κ1) is 9.19. The van der Waals surface area contributed by atoms with E-state index in [2.05, 4.69) is 10.9 Å². The van der Waals surface area contributed by atoms with Gasteiger partial charge in [0.2, 0.25) is 0 Å². The molecular weight excluding hydrogens is 134 g/mol. The number of rotatable bonds is 4. The minimum absolute atomic E-state index is 0.583. The molecule has 0 radical (unpaired) electrons. The van der Waals surface area contributed by atoms with Crippen molar-refractivity contribution in [3.8, 4) is 0 Å². The van der Waals surface area contributed by atoms with Crippen molar-refractivity contribution in [1.29, 1.82) is 0 Å². The van der Waals surface area contributed by atoms with Gasteiger partial charge in [-0.05, 0) is 0 Å². The fourth-order valence-electron chi connectivity index (χ4n) is 0.507. The standard InChI is InChI=1S/C5H13N3O2/c1-3-6-8(5(9)10)7-4-2/h6-7H,3-4H2,1-2H3,(H,9,10). The lowest BCUT2D eigenvalue weighted by molar-refractivity contribution is 0.0903. The van der Waals surface area contributed by atoms with E-state index in [0.717, 1.165) is 5.12 Å². The van der Waals surface area contributed by atoms with Gasteiger partial charge < -0.3 is 5.11 Å². The van der Waals surface area contributed by atoms with Gasteiger partial charge in [-0.25, -0.2) is 15.6 Å². The summed E-state index contributed by atoms with van der Waals surface area (Å²) in [6, 6.07) is 0. The van der Waals surface area contributed by atoms with E-state index >= 15 is 0 Å². The maximum absolute atomic E-state index is 10.3. The third kappa shape index (κ3) is 3.26. The Hall–Kier alpha value is -0.810. The Labute approximate surface area is 60.0 Å². The van der Waals surface area contributed by atoms with E-state index < -0.39 is 6.09 Å². The van der Waals surface area contributed by atoms with Gasteiger partial charge in [0.15, 0.2) is 0 Å². The lowest BCUT2D eigenvalue weighted by Gasteiger charge is -2.18. The van der Waals surface area contributed by atoms with E-state index in [1.54, 1.807) is 0 Å². The van der Waals surface area contributed by atoms with Gasteiger partial charge in [-0.1, -0.05) is 13.8 Å². The summed E-state index contributed by atoms with van der Waals surface area (Å²) >= 11 is 0. The van der Waals surface area contributed by atoms with Crippen molar-refractivity contribution < 1.29 is 9.90 Å². The Morgan fingerprint density at radius 2 is 1.80 bits per heavy atom. The van der Waals surface area contributed by atoms with Gasteiger partial charge >= 0.3 is 6.09 Å². The van der Waals surface area contributed by atoms with Crippen LogP contribution in [0.15, 0.2) is 0 Å². The van der Waals surface area contributed by atoms with Gasteiger partial charge in [0.1, 0.15) is 0 Å². The topological polar surface area (TPSA) is 64.6 Å². The average Bonchev–Trinajstić information content (AvgIpc) is 1.87. The van der Waals surface area contributed by atoms with E-state index in [-0.39, 0.29) is 0 Å². The van der Waals surface area contributed by atoms with Crippen molar-refractivity contribution >= 4 is 6.09 Å². The highest BCUT2D eigenvalue weighted by atomic mass is 16.4. The van der Waals surface area contributed by atoms with Gasteiger partial charge in [0.05, 0.1) is 0 Å². The molecule has 0 fully saturated rings. The summed E-state index contributed by atoms with van der Waals surface area (Å²) in [5.74, 6) is 0. The summed E-state index contributed by atoms with van der Waals surface area (Å²) in [4.78, 5) is 10.3. The molecule has 0 saturated carbocycles. The Balaban J connectivity index is 3.61. The van der Waals surface area contributed by atoms with E-state index in [9.17, 15) is 4.79 Å². The van der Waals surface area contributed by atoms with Crippen LogP contribution in [0, 0.1) is 0 Å². The summed E-state index contributed by atoms with van der Waals surface area (Å²) in [7, 11) is 0. The third-order valence-electron chi connectivity index (χ3n) is 0.824. The molecule has 1 amide bonds. The van der Waals surface area contributed by atoms with Crippen molar-refractivity contribution in [2.45, 2.75) is 13.8 Å². The first-order chi connectivity index (χ1) is 4.72. The van der Waals surface area contributed by atoms with Gasteiger partial charge in [0.25, 0.3) is 0 Å². The van der Waals surface area contributed by atoms with Crippen LogP contribution in [0.2, 0.25) is 0 Å². The molecule has 0 bridgehead atoms. The van der Waals surface area contributed by atoms with Crippen molar-refractivity contribution in [3.63, 3.8) is 0 Å². The van der Waals surface area contributed by atoms with Crippen LogP contribution >= 0.6 is 0 Å². The molecule has 0 atom stereocenters. The maximum Gasteiger partial charge on any atom is 0.436 e. The van der Waals surface area contributed by atoms with Crippen LogP contribution in [0.3, 0.4) is 0 Å². The van der Waals surface area contributed by atoms with E-state index in [1.165, 1.54) is 0 Å². The summed E-state index contributed by atoms with van der Waals surface area (Å²) in [6.07, 6.45) is -1.02. The van der Waals surface area contributed by atoms with Crippen LogP contribution in [-0.2, 0) is 0 Å². The average molecular weight is 147 g/mol. The van der Waals surface area contributed by atoms with Crippen LogP contribution in [0.4, 0.5) is 4.79 Å². The van der Waals surface area contributed by atoms with Crippen molar-refractivity contribution in [1.82, 2.24) is 16.0 Å². The van der Waals surface area contributed by atoms with Crippen molar-refractivity contribution in [3.05, 3.63) is 0 Å². The van der Waals surface area contributed by atoms with Crippen LogP contribution in [-0.4, -0.2) is 29.4 Å². The molecule has 0 aromatic carbocycles. The Morgan fingerprint density at radius 3 is 2.00 bits per heavy atom. The van der Waals surface area contributed by atoms with E-state index in [1.807, 2.05) is 13.8 Å². The molecule has 0 aromatic rings. The third-order valence-corrected chi connectivity index (χ3v) is 0.824. The Kier molecular flexibility index (Phi) is 4.61. The lowest BCUT2D eigenvalue weighted by atomic mass is 10.8. The molecule has 0 aliphatic heterocycles. The molecule has 0 saturated heterocycles. The fourth-order valence-corrected chi connectivity index (χ4v) is 0.507. The molecule has 5 nitrogen and oxygen atoms in total. The summed E-state index contributed by atoms with van der Waals surface area (Å²) in [6.45, 7) is 4.82. The Bertz CT molecular complexity index is 101. The van der Waals surface area contributed by atoms with Crippen molar-refractivity contribution in [2.24, 2.45) is 0 Å². The van der Waals surface area contributed by atoms with Gasteiger partial charge in [-0.15, -0.1) is 0 Å². The molecule has 0 aliphatic rings. The zero-order valence-electron chi connectivity index (χ0n) is 6.22. The summed E-state index contributed by atoms with van der Waals surface area (Å²) < 4.78 is 0. The minimum atomic E-state index is -1.02. The first-order valence-electron chi connectivity index (χ1n) is 3.22. The van der Waals surface area contributed by atoms with Gasteiger partial charge in [0, 0.05) is 13.1 Å². The predicted octanol–water partition coefficient (Wildman–Crippen LogP) is 0.0154. The fraction of sp³-hybridized carbons (Fsp3) is 0.800. The second-order valence-corrected chi connectivity index (χ2v) is 1.64.